The van der Waals surface area contributed by atoms with Gasteiger partial charge in [0.05, 0.1) is 10.8 Å². The van der Waals surface area contributed by atoms with Crippen molar-refractivity contribution >= 4 is 0 Å². The molecule has 0 aromatic heterocycles. The van der Waals surface area contributed by atoms with Gasteiger partial charge in [0, 0.05) is 13.1 Å². The van der Waals surface area contributed by atoms with E-state index in [4.69, 9.17) is 0 Å². The fraction of sp³-hybridized carbons (Fsp3) is 0.368. The molecule has 2 nitrogen and oxygen atoms in total. The van der Waals surface area contributed by atoms with Crippen LogP contribution in [0.25, 0.3) is 44.5 Å². The molecule has 4 aliphatic carbocycles. The van der Waals surface area contributed by atoms with Crippen LogP contribution in [0.15, 0.2) is 182 Å². The second-order valence-corrected chi connectivity index (χ2v) is 17.4. The average Bonchev–Trinajstić information content (AvgIpc) is 4.36. The van der Waals surface area contributed by atoms with Gasteiger partial charge in [-0.3, -0.25) is 9.80 Å². The van der Waals surface area contributed by atoms with Crippen LogP contribution in [-0.2, 0) is 23.9 Å². The third-order valence-corrected chi connectivity index (χ3v) is 14.8. The van der Waals surface area contributed by atoms with Crippen LogP contribution in [0.2, 0.25) is 0 Å². The van der Waals surface area contributed by atoms with Crippen LogP contribution in [0.4, 0.5) is 0 Å². The minimum atomic E-state index is -0.224. The Bertz CT molecular complexity index is 2790. The molecule has 0 bridgehead atoms. The zero-order chi connectivity index (χ0) is 58.0. The van der Waals surface area contributed by atoms with E-state index >= 15 is 0 Å². The summed E-state index contributed by atoms with van der Waals surface area (Å²) in [6, 6.07) is 68.4. The van der Waals surface area contributed by atoms with Gasteiger partial charge in [0.1, 0.15) is 0 Å². The van der Waals surface area contributed by atoms with E-state index in [1.54, 1.807) is 0 Å². The van der Waals surface area contributed by atoms with Crippen molar-refractivity contribution in [3.63, 3.8) is 0 Å². The summed E-state index contributed by atoms with van der Waals surface area (Å²) < 4.78 is 0. The molecule has 4 aliphatic rings. The van der Waals surface area contributed by atoms with Crippen molar-refractivity contribution in [1.29, 1.82) is 0 Å². The van der Waals surface area contributed by atoms with Gasteiger partial charge in [0.25, 0.3) is 0 Å². The van der Waals surface area contributed by atoms with Crippen LogP contribution < -0.4 is 0 Å². The Labute approximate surface area is 478 Å². The van der Waals surface area contributed by atoms with E-state index in [0.29, 0.717) is 0 Å². The predicted molar refractivity (Wildman–Crippen MR) is 350 cm³/mol. The summed E-state index contributed by atoms with van der Waals surface area (Å²) in [6.07, 6.45) is 0. The molecule has 0 saturated heterocycles. The maximum atomic E-state index is 2.51. The Balaban J connectivity index is 0.000000327. The Morgan fingerprint density at radius 1 is 0.256 bits per heavy atom. The lowest BCUT2D eigenvalue weighted by Crippen LogP contribution is -2.26. The van der Waals surface area contributed by atoms with Gasteiger partial charge in [-0.15, -0.1) is 0 Å². The molecule has 8 aromatic carbocycles. The first kappa shape index (κ1) is 66.0. The predicted octanol–water partition coefficient (Wildman–Crippen LogP) is 22.0. The first-order valence-electron chi connectivity index (χ1n) is 30.9. The molecule has 0 amide bonds. The van der Waals surface area contributed by atoms with Gasteiger partial charge in [-0.2, -0.15) is 0 Å². The fourth-order valence-corrected chi connectivity index (χ4v) is 12.0. The summed E-state index contributed by atoms with van der Waals surface area (Å²) in [5.74, 6) is 0. The first-order valence-corrected chi connectivity index (χ1v) is 30.9. The second-order valence-electron chi connectivity index (χ2n) is 17.4. The molecule has 416 valence electrons. The molecule has 2 heteroatoms. The highest BCUT2D eigenvalue weighted by molar-refractivity contribution is 5.97. The Kier molecular flexibility index (Phi) is 28.1. The summed E-state index contributed by atoms with van der Waals surface area (Å²) in [7, 11) is 0. The number of hydrogen-bond acceptors (Lipinski definition) is 2. The van der Waals surface area contributed by atoms with Gasteiger partial charge in [0.15, 0.2) is 0 Å². The second kappa shape index (κ2) is 33.2. The van der Waals surface area contributed by atoms with Crippen LogP contribution >= 0.6 is 0 Å². The number of fused-ring (bicyclic) bond motifs is 20. The number of rotatable bonds is 8. The standard InChI is InChI=1S/2C30H27N.8C2H6/c1-3-31(4-2)20-21-12-11-19-28-29(21)24-15-7-10-18-27(24)30(28)25-16-8-5-13-22(25)23-14-6-9-17-26(23)30;1-3-31(4-2)20-21-17-18-25-24-13-7-10-16-28(24)30(29(25)19-21)26-14-8-5-11-22(26)23-12-6-9-15-27(23)30;8*1-2/h2*5-19H,3-4,20H2,1-2H3;8*1-2H3. The molecule has 78 heavy (non-hydrogen) atoms. The molecule has 0 heterocycles. The number of benzene rings is 8. The van der Waals surface area contributed by atoms with Gasteiger partial charge >= 0.3 is 0 Å². The van der Waals surface area contributed by atoms with E-state index in [1.807, 2.05) is 111 Å². The molecule has 0 unspecified atom stereocenters. The molecular weight excluding hydrogens is 941 g/mol. The third kappa shape index (κ3) is 11.8. The van der Waals surface area contributed by atoms with E-state index in [0.717, 1.165) is 39.3 Å². The highest BCUT2D eigenvalue weighted by Gasteiger charge is 2.53. The zero-order valence-electron chi connectivity index (χ0n) is 52.5. The molecule has 0 fully saturated rings. The summed E-state index contributed by atoms with van der Waals surface area (Å²) in [5, 5.41) is 0. The molecule has 0 aliphatic heterocycles. The van der Waals surface area contributed by atoms with Gasteiger partial charge in [-0.25, -0.2) is 0 Å². The Morgan fingerprint density at radius 3 is 0.872 bits per heavy atom. The van der Waals surface area contributed by atoms with Crippen molar-refractivity contribution < 1.29 is 0 Å². The maximum Gasteiger partial charge on any atom is 0.0725 e. The van der Waals surface area contributed by atoms with Crippen molar-refractivity contribution in [2.45, 2.75) is 162 Å². The minimum Gasteiger partial charge on any atom is -0.300 e. The van der Waals surface area contributed by atoms with Crippen molar-refractivity contribution in [2.24, 2.45) is 0 Å². The zero-order valence-corrected chi connectivity index (χ0v) is 52.5. The lowest BCUT2D eigenvalue weighted by Gasteiger charge is -2.31. The average molecular weight is 1040 g/mol. The molecule has 0 N–H and O–H groups in total. The van der Waals surface area contributed by atoms with Crippen LogP contribution in [-0.4, -0.2) is 36.0 Å². The van der Waals surface area contributed by atoms with Gasteiger partial charge < -0.3 is 0 Å². The normalized spacial score (nSPS) is 12.1. The summed E-state index contributed by atoms with van der Waals surface area (Å²) >= 11 is 0. The van der Waals surface area contributed by atoms with Gasteiger partial charge in [-0.05, 0) is 126 Å². The molecule has 0 saturated carbocycles. The summed E-state index contributed by atoms with van der Waals surface area (Å²) in [5.41, 5.74) is 24.9. The van der Waals surface area contributed by atoms with Crippen LogP contribution in [0.3, 0.4) is 0 Å². The molecular formula is C76H102N2. The highest BCUT2D eigenvalue weighted by atomic mass is 15.1. The van der Waals surface area contributed by atoms with Crippen molar-refractivity contribution in [3.8, 4) is 44.5 Å². The smallest absolute Gasteiger partial charge is 0.0725 e. The molecule has 12 rings (SSSR count). The first-order chi connectivity index (χ1) is 38.6. The molecule has 0 atom stereocenters. The molecule has 2 spiro atoms. The van der Waals surface area contributed by atoms with E-state index < -0.39 is 0 Å². The monoisotopic (exact) mass is 1040 g/mol. The SMILES string of the molecule is CC.CC.CC.CC.CC.CC.CC.CC.CCN(CC)Cc1ccc2c(c1)C1(c3ccccc3-c3ccccc31)c1ccccc1-2.CCN(CC)Cc1cccc2c1-c1ccccc1C21c2ccccc2-c2ccccc21. The third-order valence-electron chi connectivity index (χ3n) is 14.8. The van der Waals surface area contributed by atoms with Crippen LogP contribution in [0, 0.1) is 0 Å². The quantitative estimate of drug-likeness (QED) is 0.150. The molecule has 0 radical (unpaired) electrons. The maximum absolute atomic E-state index is 2.51. The number of nitrogens with zero attached hydrogens (tertiary/aromatic N) is 2. The van der Waals surface area contributed by atoms with E-state index in [1.165, 1.54) is 100 Å². The van der Waals surface area contributed by atoms with Crippen LogP contribution in [0.1, 0.15) is 194 Å². The topological polar surface area (TPSA) is 6.48 Å². The Morgan fingerprint density at radius 2 is 0.526 bits per heavy atom. The van der Waals surface area contributed by atoms with E-state index in [9.17, 15) is 0 Å². The van der Waals surface area contributed by atoms with Crippen molar-refractivity contribution in [1.82, 2.24) is 9.80 Å². The lowest BCUT2D eigenvalue weighted by atomic mass is 9.70. The van der Waals surface area contributed by atoms with Gasteiger partial charge in [-0.1, -0.05) is 320 Å². The fourth-order valence-electron chi connectivity index (χ4n) is 12.0. The minimum absolute atomic E-state index is 0.224. The summed E-state index contributed by atoms with van der Waals surface area (Å²) in [4.78, 5) is 5.01. The van der Waals surface area contributed by atoms with E-state index in [-0.39, 0.29) is 10.8 Å². The van der Waals surface area contributed by atoms with Gasteiger partial charge in [0.2, 0.25) is 0 Å². The lowest BCUT2D eigenvalue weighted by molar-refractivity contribution is 0.296. The Hall–Kier alpha value is -6.32. The van der Waals surface area contributed by atoms with Crippen molar-refractivity contribution in [2.75, 3.05) is 26.2 Å². The summed E-state index contributed by atoms with van der Waals surface area (Å²) in [6.45, 7) is 47.3. The van der Waals surface area contributed by atoms with Crippen LogP contribution in [0.5, 0.6) is 0 Å². The number of hydrogen-bond donors (Lipinski definition) is 0. The van der Waals surface area contributed by atoms with E-state index in [2.05, 4.69) is 219 Å². The van der Waals surface area contributed by atoms with Crippen molar-refractivity contribution in [3.05, 3.63) is 238 Å². The largest absolute Gasteiger partial charge is 0.300 e. The molecule has 8 aromatic rings. The highest BCUT2D eigenvalue weighted by Crippen LogP contribution is 2.64.